The van der Waals surface area contributed by atoms with E-state index in [0.29, 0.717) is 19.0 Å². The molecular weight excluding hydrogens is 356 g/mol. The molecule has 28 heavy (non-hydrogen) atoms. The molecule has 146 valence electrons. The van der Waals surface area contributed by atoms with Crippen molar-refractivity contribution in [2.75, 3.05) is 37.4 Å². The van der Waals surface area contributed by atoms with Crippen LogP contribution in [-0.2, 0) is 0 Å². The molecule has 0 aliphatic carbocycles. The lowest BCUT2D eigenvalue weighted by Crippen LogP contribution is -2.41. The molecule has 8 nitrogen and oxygen atoms in total. The molecule has 1 fully saturated rings. The van der Waals surface area contributed by atoms with Gasteiger partial charge in [0.2, 0.25) is 5.95 Å². The highest BCUT2D eigenvalue weighted by molar-refractivity contribution is 5.93. The number of piperidine rings is 1. The van der Waals surface area contributed by atoms with Crippen LogP contribution in [0.3, 0.4) is 0 Å². The molecule has 0 radical (unpaired) electrons. The summed E-state index contributed by atoms with van der Waals surface area (Å²) in [4.78, 5) is 23.6. The fourth-order valence-corrected chi connectivity index (χ4v) is 3.69. The number of carbonyl (C=O) groups is 1. The van der Waals surface area contributed by atoms with E-state index < -0.39 is 6.09 Å². The van der Waals surface area contributed by atoms with Gasteiger partial charge in [0.25, 0.3) is 0 Å². The standard InChI is InChI=1S/C20H24N6O2/c1-24(2)16-4-3-5-17-15(16)9-13-26(17)18-6-10-21-19(23-18)22-14-7-11-25(12-8-14)20(27)28/h3-6,9-10,13-14H,7-8,11-12H2,1-2H3,(H,27,28)(H,21,22,23). The predicted molar refractivity (Wildman–Crippen MR) is 109 cm³/mol. The van der Waals surface area contributed by atoms with Crippen molar-refractivity contribution in [3.8, 4) is 5.82 Å². The maximum Gasteiger partial charge on any atom is 0.407 e. The number of amides is 1. The SMILES string of the molecule is CN(C)c1cccc2c1ccn2-c1ccnc(NC2CCN(C(=O)O)CC2)n1. The zero-order valence-electron chi connectivity index (χ0n) is 16.0. The van der Waals surface area contributed by atoms with Crippen LogP contribution in [0.25, 0.3) is 16.7 Å². The molecule has 1 aliphatic heterocycles. The summed E-state index contributed by atoms with van der Waals surface area (Å²) < 4.78 is 2.06. The van der Waals surface area contributed by atoms with Crippen LogP contribution >= 0.6 is 0 Å². The molecule has 1 amide bonds. The summed E-state index contributed by atoms with van der Waals surface area (Å²) in [5.74, 6) is 1.36. The molecule has 2 aromatic heterocycles. The van der Waals surface area contributed by atoms with Crippen LogP contribution in [-0.4, -0.2) is 63.9 Å². The number of carboxylic acid groups (broad SMARTS) is 1. The van der Waals surface area contributed by atoms with Gasteiger partial charge in [0.1, 0.15) is 5.82 Å². The van der Waals surface area contributed by atoms with Gasteiger partial charge >= 0.3 is 6.09 Å². The van der Waals surface area contributed by atoms with Gasteiger partial charge in [-0.05, 0) is 37.1 Å². The Morgan fingerprint density at radius 2 is 2.00 bits per heavy atom. The van der Waals surface area contributed by atoms with Crippen molar-refractivity contribution in [3.63, 3.8) is 0 Å². The Hall–Kier alpha value is -3.29. The second-order valence-corrected chi connectivity index (χ2v) is 7.22. The Morgan fingerprint density at radius 3 is 2.71 bits per heavy atom. The van der Waals surface area contributed by atoms with E-state index in [4.69, 9.17) is 5.11 Å². The molecule has 0 atom stereocenters. The number of nitrogens with one attached hydrogen (secondary N) is 1. The summed E-state index contributed by atoms with van der Waals surface area (Å²) in [6.07, 6.45) is 4.42. The van der Waals surface area contributed by atoms with Crippen molar-refractivity contribution >= 4 is 28.6 Å². The topological polar surface area (TPSA) is 86.5 Å². The average Bonchev–Trinajstić information content (AvgIpc) is 3.12. The fourth-order valence-electron chi connectivity index (χ4n) is 3.69. The summed E-state index contributed by atoms with van der Waals surface area (Å²) in [5, 5.41) is 13.6. The van der Waals surface area contributed by atoms with Crippen LogP contribution < -0.4 is 10.2 Å². The van der Waals surface area contributed by atoms with E-state index in [2.05, 4.69) is 43.0 Å². The minimum absolute atomic E-state index is 0.174. The van der Waals surface area contributed by atoms with Crippen molar-refractivity contribution in [3.05, 3.63) is 42.7 Å². The predicted octanol–water partition coefficient (Wildman–Crippen LogP) is 3.04. The van der Waals surface area contributed by atoms with Crippen molar-refractivity contribution in [1.29, 1.82) is 0 Å². The number of nitrogens with zero attached hydrogens (tertiary/aromatic N) is 5. The van der Waals surface area contributed by atoms with E-state index in [-0.39, 0.29) is 6.04 Å². The third-order valence-electron chi connectivity index (χ3n) is 5.18. The number of hydrogen-bond acceptors (Lipinski definition) is 5. The molecule has 3 heterocycles. The fraction of sp³-hybridized carbons (Fsp3) is 0.350. The van der Waals surface area contributed by atoms with E-state index in [1.165, 1.54) is 10.3 Å². The lowest BCUT2D eigenvalue weighted by Gasteiger charge is -2.30. The van der Waals surface area contributed by atoms with Crippen molar-refractivity contribution in [1.82, 2.24) is 19.4 Å². The molecule has 2 N–H and O–H groups in total. The van der Waals surface area contributed by atoms with Gasteiger partial charge in [-0.3, -0.25) is 0 Å². The van der Waals surface area contributed by atoms with Crippen LogP contribution in [0, 0.1) is 0 Å². The molecule has 3 aromatic rings. The van der Waals surface area contributed by atoms with Gasteiger partial charge in [0.05, 0.1) is 5.52 Å². The smallest absolute Gasteiger partial charge is 0.407 e. The highest BCUT2D eigenvalue weighted by Gasteiger charge is 2.22. The van der Waals surface area contributed by atoms with Crippen LogP contribution in [0.1, 0.15) is 12.8 Å². The van der Waals surface area contributed by atoms with E-state index in [1.807, 2.05) is 32.4 Å². The molecule has 4 rings (SSSR count). The zero-order valence-corrected chi connectivity index (χ0v) is 16.0. The van der Waals surface area contributed by atoms with E-state index >= 15 is 0 Å². The van der Waals surface area contributed by atoms with E-state index in [9.17, 15) is 4.79 Å². The van der Waals surface area contributed by atoms with Gasteiger partial charge in [0.15, 0.2) is 0 Å². The number of rotatable bonds is 4. The van der Waals surface area contributed by atoms with E-state index in [0.717, 1.165) is 29.9 Å². The first-order chi connectivity index (χ1) is 13.5. The summed E-state index contributed by atoms with van der Waals surface area (Å²) in [6.45, 7) is 1.06. The Balaban J connectivity index is 1.56. The summed E-state index contributed by atoms with van der Waals surface area (Å²) in [6, 6.07) is 10.4. The summed E-state index contributed by atoms with van der Waals surface area (Å²) >= 11 is 0. The van der Waals surface area contributed by atoms with E-state index in [1.54, 1.807) is 6.20 Å². The van der Waals surface area contributed by atoms with Gasteiger partial charge in [0, 0.05) is 56.7 Å². The minimum atomic E-state index is -0.853. The number of likely N-dealkylation sites (tertiary alicyclic amines) is 1. The zero-order chi connectivity index (χ0) is 19.7. The first-order valence-corrected chi connectivity index (χ1v) is 9.38. The Morgan fingerprint density at radius 1 is 1.21 bits per heavy atom. The molecule has 0 spiro atoms. The maximum absolute atomic E-state index is 11.0. The maximum atomic E-state index is 11.0. The molecule has 1 aliphatic rings. The second kappa shape index (κ2) is 7.38. The van der Waals surface area contributed by atoms with Gasteiger partial charge < -0.3 is 24.8 Å². The van der Waals surface area contributed by atoms with Crippen LogP contribution in [0.15, 0.2) is 42.7 Å². The molecule has 8 heteroatoms. The van der Waals surface area contributed by atoms with Gasteiger partial charge in [-0.2, -0.15) is 4.98 Å². The van der Waals surface area contributed by atoms with Gasteiger partial charge in [-0.1, -0.05) is 6.07 Å². The normalized spacial score (nSPS) is 15.0. The molecule has 0 saturated carbocycles. The first kappa shape index (κ1) is 18.1. The third kappa shape index (κ3) is 3.45. The monoisotopic (exact) mass is 380 g/mol. The number of hydrogen-bond donors (Lipinski definition) is 2. The number of anilines is 2. The van der Waals surface area contributed by atoms with Crippen molar-refractivity contribution in [2.45, 2.75) is 18.9 Å². The Kier molecular flexibility index (Phi) is 4.77. The third-order valence-corrected chi connectivity index (χ3v) is 5.18. The Labute approximate surface area is 163 Å². The van der Waals surface area contributed by atoms with Gasteiger partial charge in [-0.15, -0.1) is 0 Å². The minimum Gasteiger partial charge on any atom is -0.465 e. The number of fused-ring (bicyclic) bond motifs is 1. The van der Waals surface area contributed by atoms with Crippen molar-refractivity contribution in [2.24, 2.45) is 0 Å². The second-order valence-electron chi connectivity index (χ2n) is 7.22. The average molecular weight is 380 g/mol. The molecule has 1 saturated heterocycles. The highest BCUT2D eigenvalue weighted by Crippen LogP contribution is 2.28. The first-order valence-electron chi connectivity index (χ1n) is 9.38. The Bertz CT molecular complexity index is 991. The largest absolute Gasteiger partial charge is 0.465 e. The molecular formula is C20H24N6O2. The molecule has 0 unspecified atom stereocenters. The van der Waals surface area contributed by atoms with Crippen LogP contribution in [0.4, 0.5) is 16.4 Å². The number of benzene rings is 1. The summed E-state index contributed by atoms with van der Waals surface area (Å²) in [5.41, 5.74) is 2.25. The molecule has 1 aromatic carbocycles. The quantitative estimate of drug-likeness (QED) is 0.724. The van der Waals surface area contributed by atoms with Gasteiger partial charge in [-0.25, -0.2) is 9.78 Å². The lowest BCUT2D eigenvalue weighted by molar-refractivity contribution is 0.133. The summed E-state index contributed by atoms with van der Waals surface area (Å²) in [7, 11) is 4.07. The lowest BCUT2D eigenvalue weighted by atomic mass is 10.1. The number of aromatic nitrogens is 3. The highest BCUT2D eigenvalue weighted by atomic mass is 16.4. The van der Waals surface area contributed by atoms with Crippen LogP contribution in [0.2, 0.25) is 0 Å². The van der Waals surface area contributed by atoms with Crippen LogP contribution in [0.5, 0.6) is 0 Å². The molecule has 0 bridgehead atoms. The van der Waals surface area contributed by atoms with Crippen molar-refractivity contribution < 1.29 is 9.90 Å².